The molecule has 2 N–H and O–H groups in total. The predicted octanol–water partition coefficient (Wildman–Crippen LogP) is 1.56. The molecule has 2 unspecified atom stereocenters. The lowest BCUT2D eigenvalue weighted by molar-refractivity contribution is -0.140. The number of carboxylic acid groups (broad SMARTS) is 1. The summed E-state index contributed by atoms with van der Waals surface area (Å²) in [5.74, 6) is -0.768. The first kappa shape index (κ1) is 15.4. The van der Waals surface area contributed by atoms with Crippen molar-refractivity contribution < 1.29 is 9.90 Å². The van der Waals surface area contributed by atoms with E-state index in [-0.39, 0.29) is 6.04 Å². The van der Waals surface area contributed by atoms with Gasteiger partial charge in [0.1, 0.15) is 6.04 Å². The average Bonchev–Trinajstić information content (AvgIpc) is 2.22. The van der Waals surface area contributed by atoms with E-state index >= 15 is 0 Å². The predicted molar refractivity (Wildman–Crippen MR) is 66.7 cm³/mol. The number of nitrogens with one attached hydrogen (secondary N) is 1. The van der Waals surface area contributed by atoms with Crippen LogP contribution in [0.3, 0.4) is 0 Å². The number of hydrogen-bond donors (Lipinski definition) is 2. The summed E-state index contributed by atoms with van der Waals surface area (Å²) in [6.45, 7) is 11.7. The summed E-state index contributed by atoms with van der Waals surface area (Å²) < 4.78 is 0. The molecule has 0 saturated heterocycles. The van der Waals surface area contributed by atoms with E-state index in [9.17, 15) is 4.79 Å². The molecule has 0 amide bonds. The van der Waals surface area contributed by atoms with Gasteiger partial charge in [-0.05, 0) is 19.9 Å². The zero-order chi connectivity index (χ0) is 12.7. The number of nitrogens with zero attached hydrogens (tertiary/aromatic N) is 1. The van der Waals surface area contributed by atoms with Crippen LogP contribution in [0.4, 0.5) is 0 Å². The monoisotopic (exact) mass is 230 g/mol. The summed E-state index contributed by atoms with van der Waals surface area (Å²) >= 11 is 0. The summed E-state index contributed by atoms with van der Waals surface area (Å²) in [6.07, 6.45) is 1.04. The Labute approximate surface area is 99.0 Å². The van der Waals surface area contributed by atoms with E-state index < -0.39 is 12.0 Å². The molecule has 0 aliphatic heterocycles. The maximum atomic E-state index is 11.1. The van der Waals surface area contributed by atoms with Crippen LogP contribution in [-0.4, -0.2) is 47.2 Å². The Morgan fingerprint density at radius 1 is 1.31 bits per heavy atom. The van der Waals surface area contributed by atoms with Gasteiger partial charge in [0.25, 0.3) is 0 Å². The first-order chi connectivity index (χ1) is 7.42. The van der Waals surface area contributed by atoms with Crippen molar-refractivity contribution in [2.45, 2.75) is 59.2 Å². The smallest absolute Gasteiger partial charge is 0.322 e. The molecule has 4 heteroatoms. The molecule has 0 rings (SSSR count). The Bertz CT molecular complexity index is 207. The molecule has 0 bridgehead atoms. The van der Waals surface area contributed by atoms with Gasteiger partial charge in [0.2, 0.25) is 0 Å². The molecule has 0 aromatic heterocycles. The SMILES string of the molecule is CCC(C)N(CC)CC(NC(C)C)C(=O)O. The molecule has 0 aliphatic carbocycles. The first-order valence-corrected chi connectivity index (χ1v) is 6.15. The molecule has 0 heterocycles. The average molecular weight is 230 g/mol. The molecule has 0 fully saturated rings. The zero-order valence-electron chi connectivity index (χ0n) is 11.2. The summed E-state index contributed by atoms with van der Waals surface area (Å²) in [6, 6.07) is 0.145. The number of aliphatic carboxylic acids is 1. The van der Waals surface area contributed by atoms with Crippen LogP contribution in [0.1, 0.15) is 41.0 Å². The molecule has 16 heavy (non-hydrogen) atoms. The van der Waals surface area contributed by atoms with Gasteiger partial charge < -0.3 is 10.4 Å². The van der Waals surface area contributed by atoms with E-state index in [1.54, 1.807) is 0 Å². The maximum absolute atomic E-state index is 11.1. The largest absolute Gasteiger partial charge is 0.480 e. The highest BCUT2D eigenvalue weighted by Gasteiger charge is 2.22. The van der Waals surface area contributed by atoms with Crippen molar-refractivity contribution >= 4 is 5.97 Å². The van der Waals surface area contributed by atoms with E-state index in [1.807, 2.05) is 13.8 Å². The number of likely N-dealkylation sites (N-methyl/N-ethyl adjacent to an activating group) is 1. The molecule has 2 atom stereocenters. The van der Waals surface area contributed by atoms with Crippen molar-refractivity contribution in [3.63, 3.8) is 0 Å². The molecule has 0 aromatic rings. The lowest BCUT2D eigenvalue weighted by Crippen LogP contribution is -2.50. The molecule has 0 radical (unpaired) electrons. The quantitative estimate of drug-likeness (QED) is 0.664. The lowest BCUT2D eigenvalue weighted by Gasteiger charge is -2.30. The van der Waals surface area contributed by atoms with Gasteiger partial charge >= 0.3 is 5.97 Å². The third-order valence-electron chi connectivity index (χ3n) is 2.87. The Morgan fingerprint density at radius 2 is 1.88 bits per heavy atom. The zero-order valence-corrected chi connectivity index (χ0v) is 11.2. The van der Waals surface area contributed by atoms with Crippen molar-refractivity contribution in [2.75, 3.05) is 13.1 Å². The van der Waals surface area contributed by atoms with Crippen molar-refractivity contribution in [1.29, 1.82) is 0 Å². The van der Waals surface area contributed by atoms with Crippen LogP contribution in [0, 0.1) is 0 Å². The third-order valence-corrected chi connectivity index (χ3v) is 2.87. The topological polar surface area (TPSA) is 52.6 Å². The summed E-state index contributed by atoms with van der Waals surface area (Å²) in [5, 5.41) is 12.2. The second-order valence-corrected chi connectivity index (χ2v) is 4.56. The van der Waals surface area contributed by atoms with Gasteiger partial charge in [0.05, 0.1) is 0 Å². The number of rotatable bonds is 8. The minimum absolute atomic E-state index is 0.191. The van der Waals surface area contributed by atoms with Gasteiger partial charge in [-0.1, -0.05) is 27.7 Å². The van der Waals surface area contributed by atoms with Crippen LogP contribution < -0.4 is 5.32 Å². The Morgan fingerprint density at radius 3 is 2.19 bits per heavy atom. The van der Waals surface area contributed by atoms with Gasteiger partial charge in [-0.25, -0.2) is 0 Å². The van der Waals surface area contributed by atoms with E-state index in [0.29, 0.717) is 12.6 Å². The number of carboxylic acids is 1. The third kappa shape index (κ3) is 5.47. The lowest BCUT2D eigenvalue weighted by atomic mass is 10.1. The van der Waals surface area contributed by atoms with E-state index in [1.165, 1.54) is 0 Å². The van der Waals surface area contributed by atoms with Gasteiger partial charge in [0, 0.05) is 18.6 Å². The van der Waals surface area contributed by atoms with Crippen LogP contribution in [0.5, 0.6) is 0 Å². The van der Waals surface area contributed by atoms with E-state index in [4.69, 9.17) is 5.11 Å². The van der Waals surface area contributed by atoms with Gasteiger partial charge in [-0.3, -0.25) is 9.69 Å². The molecule has 0 spiro atoms. The normalized spacial score (nSPS) is 15.4. The van der Waals surface area contributed by atoms with Crippen LogP contribution >= 0.6 is 0 Å². The summed E-state index contributed by atoms with van der Waals surface area (Å²) in [7, 11) is 0. The summed E-state index contributed by atoms with van der Waals surface area (Å²) in [5.41, 5.74) is 0. The van der Waals surface area contributed by atoms with Crippen LogP contribution in [-0.2, 0) is 4.79 Å². The fourth-order valence-corrected chi connectivity index (χ4v) is 1.72. The van der Waals surface area contributed by atoms with Crippen LogP contribution in [0.2, 0.25) is 0 Å². The Kier molecular flexibility index (Phi) is 7.34. The minimum atomic E-state index is -0.768. The second kappa shape index (κ2) is 7.63. The molecular weight excluding hydrogens is 204 g/mol. The van der Waals surface area contributed by atoms with Crippen molar-refractivity contribution in [2.24, 2.45) is 0 Å². The fourth-order valence-electron chi connectivity index (χ4n) is 1.72. The van der Waals surface area contributed by atoms with E-state index in [0.717, 1.165) is 13.0 Å². The molecular formula is C12H26N2O2. The standard InChI is InChI=1S/C12H26N2O2/c1-6-10(5)14(7-2)8-11(12(15)16)13-9(3)4/h9-11,13H,6-8H2,1-5H3,(H,15,16). The summed E-state index contributed by atoms with van der Waals surface area (Å²) in [4.78, 5) is 13.3. The highest BCUT2D eigenvalue weighted by Crippen LogP contribution is 2.04. The van der Waals surface area contributed by atoms with Crippen molar-refractivity contribution in [3.8, 4) is 0 Å². The van der Waals surface area contributed by atoms with Gasteiger partial charge in [-0.15, -0.1) is 0 Å². The highest BCUT2D eigenvalue weighted by molar-refractivity contribution is 5.73. The van der Waals surface area contributed by atoms with Crippen molar-refractivity contribution in [1.82, 2.24) is 10.2 Å². The first-order valence-electron chi connectivity index (χ1n) is 6.15. The highest BCUT2D eigenvalue weighted by atomic mass is 16.4. The van der Waals surface area contributed by atoms with Crippen LogP contribution in [0.15, 0.2) is 0 Å². The molecule has 0 saturated carbocycles. The van der Waals surface area contributed by atoms with Crippen molar-refractivity contribution in [3.05, 3.63) is 0 Å². The van der Waals surface area contributed by atoms with Crippen LogP contribution in [0.25, 0.3) is 0 Å². The van der Waals surface area contributed by atoms with E-state index in [2.05, 4.69) is 31.0 Å². The number of hydrogen-bond acceptors (Lipinski definition) is 3. The molecule has 96 valence electrons. The second-order valence-electron chi connectivity index (χ2n) is 4.56. The minimum Gasteiger partial charge on any atom is -0.480 e. The van der Waals surface area contributed by atoms with Gasteiger partial charge in [0.15, 0.2) is 0 Å². The maximum Gasteiger partial charge on any atom is 0.322 e. The molecule has 0 aliphatic rings. The number of carbonyl (C=O) groups is 1. The Hall–Kier alpha value is -0.610. The Balaban J connectivity index is 4.40. The fraction of sp³-hybridized carbons (Fsp3) is 0.917. The molecule has 0 aromatic carbocycles. The molecule has 4 nitrogen and oxygen atoms in total. The van der Waals surface area contributed by atoms with Gasteiger partial charge in [-0.2, -0.15) is 0 Å².